The lowest BCUT2D eigenvalue weighted by molar-refractivity contribution is 0.0694. The lowest BCUT2D eigenvalue weighted by atomic mass is 9.92. The van der Waals surface area contributed by atoms with Gasteiger partial charge in [-0.25, -0.2) is 9.18 Å². The topological polar surface area (TPSA) is 106 Å². The fraction of sp³-hybridized carbons (Fsp3) is 0.450. The maximum Gasteiger partial charge on any atom is 0.341 e. The molecule has 2 aromatic rings. The zero-order valence-corrected chi connectivity index (χ0v) is 15.4. The second-order valence-electron chi connectivity index (χ2n) is 8.39. The predicted octanol–water partition coefficient (Wildman–Crippen LogP) is 1.91. The van der Waals surface area contributed by atoms with Crippen molar-refractivity contribution in [1.29, 1.82) is 0 Å². The van der Waals surface area contributed by atoms with E-state index in [9.17, 15) is 19.5 Å². The van der Waals surface area contributed by atoms with Gasteiger partial charge in [0.1, 0.15) is 11.4 Å². The molecule has 8 heteroatoms. The number of ketones is 1. The third kappa shape index (κ3) is 2.15. The molecule has 1 saturated carbocycles. The maximum absolute atomic E-state index is 15.2. The molecule has 2 unspecified atom stereocenters. The van der Waals surface area contributed by atoms with E-state index in [0.29, 0.717) is 18.6 Å². The number of pyridine rings is 1. The number of halogens is 1. The van der Waals surface area contributed by atoms with Gasteiger partial charge >= 0.3 is 5.97 Å². The van der Waals surface area contributed by atoms with Crippen molar-refractivity contribution in [3.63, 3.8) is 0 Å². The first kappa shape index (κ1) is 17.4. The molecule has 1 saturated heterocycles. The number of nitrogens with two attached hydrogens (primary N) is 1. The molecule has 2 fully saturated rings. The molecule has 7 nitrogen and oxygen atoms in total. The molecule has 2 atom stereocenters. The molecule has 0 radical (unpaired) electrons. The number of nitrogens with zero attached hydrogens (tertiary/aromatic N) is 2. The Morgan fingerprint density at radius 1 is 1.36 bits per heavy atom. The summed E-state index contributed by atoms with van der Waals surface area (Å²) in [6, 6.07) is 0.674. The second-order valence-corrected chi connectivity index (χ2v) is 8.39. The third-order valence-electron chi connectivity index (χ3n) is 6.62. The summed E-state index contributed by atoms with van der Waals surface area (Å²) in [6.45, 7) is 2.82. The third-order valence-corrected chi connectivity index (χ3v) is 6.62. The highest BCUT2D eigenvalue weighted by Crippen LogP contribution is 2.53. The van der Waals surface area contributed by atoms with Crippen molar-refractivity contribution in [1.82, 2.24) is 4.57 Å². The molecule has 0 amide bonds. The standard InChI is InChI=1S/C20H20FN3O4/c1-9-4-13(25)15-16-10(18(26)11(19(27)28)6-24(9)16)5-12(21)17(15)23-7-14(22)20(8-23)2-3-20/h5-6,9,14H,2-4,7-8,22H2,1H3,(H,27,28). The van der Waals surface area contributed by atoms with Crippen molar-refractivity contribution in [2.45, 2.75) is 38.3 Å². The lowest BCUT2D eigenvalue weighted by Gasteiger charge is -2.30. The van der Waals surface area contributed by atoms with Crippen molar-refractivity contribution < 1.29 is 19.1 Å². The summed E-state index contributed by atoms with van der Waals surface area (Å²) < 4.78 is 16.9. The predicted molar refractivity (Wildman–Crippen MR) is 101 cm³/mol. The van der Waals surface area contributed by atoms with Crippen LogP contribution in [0.5, 0.6) is 0 Å². The smallest absolute Gasteiger partial charge is 0.341 e. The minimum Gasteiger partial charge on any atom is -0.477 e. The number of hydrogen-bond acceptors (Lipinski definition) is 5. The number of aromatic nitrogens is 1. The minimum absolute atomic E-state index is 0.00798. The van der Waals surface area contributed by atoms with Gasteiger partial charge in [-0.15, -0.1) is 0 Å². The molecule has 3 aliphatic rings. The van der Waals surface area contributed by atoms with Crippen molar-refractivity contribution in [2.24, 2.45) is 11.1 Å². The Bertz CT molecular complexity index is 1130. The number of carbonyl (C=O) groups is 2. The van der Waals surface area contributed by atoms with E-state index in [2.05, 4.69) is 0 Å². The van der Waals surface area contributed by atoms with Crippen molar-refractivity contribution >= 4 is 28.3 Å². The van der Waals surface area contributed by atoms with E-state index in [1.54, 1.807) is 11.5 Å². The van der Waals surface area contributed by atoms with Crippen LogP contribution >= 0.6 is 0 Å². The van der Waals surface area contributed by atoms with Crippen LogP contribution in [0.2, 0.25) is 0 Å². The van der Waals surface area contributed by atoms with Crippen LogP contribution in [0.15, 0.2) is 17.1 Å². The van der Waals surface area contributed by atoms with Gasteiger partial charge in [0.15, 0.2) is 5.78 Å². The molecule has 1 aliphatic carbocycles. The normalized spacial score (nSPS) is 25.0. The number of carboxylic acids is 1. The Labute approximate surface area is 159 Å². The van der Waals surface area contributed by atoms with Crippen molar-refractivity contribution in [3.8, 4) is 0 Å². The van der Waals surface area contributed by atoms with Crippen molar-refractivity contribution in [3.05, 3.63) is 39.4 Å². The van der Waals surface area contributed by atoms with Gasteiger partial charge in [-0.3, -0.25) is 9.59 Å². The van der Waals surface area contributed by atoms with Crippen molar-refractivity contribution in [2.75, 3.05) is 18.0 Å². The van der Waals surface area contributed by atoms with Crippen LogP contribution < -0.4 is 16.1 Å². The maximum atomic E-state index is 15.2. The van der Waals surface area contributed by atoms with E-state index in [1.807, 2.05) is 4.90 Å². The molecule has 3 N–H and O–H groups in total. The molecule has 146 valence electrons. The Morgan fingerprint density at radius 2 is 2.07 bits per heavy atom. The first-order chi connectivity index (χ1) is 13.2. The fourth-order valence-corrected chi connectivity index (χ4v) is 4.87. The van der Waals surface area contributed by atoms with E-state index in [-0.39, 0.29) is 46.3 Å². The highest BCUT2D eigenvalue weighted by molar-refractivity contribution is 6.13. The van der Waals surface area contributed by atoms with Crippen LogP contribution in [0.4, 0.5) is 10.1 Å². The number of rotatable bonds is 2. The second kappa shape index (κ2) is 5.41. The van der Waals surface area contributed by atoms with Gasteiger partial charge in [-0.1, -0.05) is 0 Å². The average Bonchev–Trinajstić information content (AvgIpc) is 3.33. The molecule has 1 aromatic heterocycles. The minimum atomic E-state index is -1.37. The first-order valence-corrected chi connectivity index (χ1v) is 9.42. The quantitative estimate of drug-likeness (QED) is 0.818. The van der Waals surface area contributed by atoms with Gasteiger partial charge in [0.25, 0.3) is 0 Å². The molecular formula is C20H20FN3O4. The molecule has 1 aromatic carbocycles. The van der Waals surface area contributed by atoms with E-state index in [1.165, 1.54) is 6.20 Å². The van der Waals surface area contributed by atoms with Crippen LogP contribution in [-0.4, -0.2) is 40.6 Å². The number of carbonyl (C=O) groups excluding carboxylic acids is 1. The SMILES string of the molecule is CC1CC(=O)c2c(N3CC(N)C4(CC4)C3)c(F)cc3c(=O)c(C(=O)O)cn1c23. The summed E-state index contributed by atoms with van der Waals surface area (Å²) in [5.41, 5.74) is 5.75. The summed E-state index contributed by atoms with van der Waals surface area (Å²) in [6.07, 6.45) is 3.37. The Morgan fingerprint density at radius 3 is 2.68 bits per heavy atom. The summed E-state index contributed by atoms with van der Waals surface area (Å²) >= 11 is 0. The zero-order valence-electron chi connectivity index (χ0n) is 15.4. The molecular weight excluding hydrogens is 365 g/mol. The van der Waals surface area contributed by atoms with Gasteiger partial charge in [-0.05, 0) is 25.8 Å². The van der Waals surface area contributed by atoms with E-state index < -0.39 is 22.8 Å². The number of anilines is 1. The highest BCUT2D eigenvalue weighted by atomic mass is 19.1. The molecule has 3 heterocycles. The van der Waals surface area contributed by atoms with Crippen LogP contribution in [0.3, 0.4) is 0 Å². The number of benzene rings is 1. The summed E-state index contributed by atoms with van der Waals surface area (Å²) in [5.74, 6) is -2.28. The molecule has 0 bridgehead atoms. The Kier molecular flexibility index (Phi) is 3.35. The van der Waals surface area contributed by atoms with Gasteiger partial charge in [0.2, 0.25) is 5.43 Å². The largest absolute Gasteiger partial charge is 0.477 e. The van der Waals surface area contributed by atoms with Crippen LogP contribution in [0, 0.1) is 11.2 Å². The molecule has 1 spiro atoms. The summed E-state index contributed by atoms with van der Waals surface area (Å²) in [5, 5.41) is 9.30. The molecule has 2 aliphatic heterocycles. The average molecular weight is 385 g/mol. The fourth-order valence-electron chi connectivity index (χ4n) is 4.87. The number of carboxylic acid groups (broad SMARTS) is 1. The van der Waals surface area contributed by atoms with Gasteiger partial charge < -0.3 is 20.3 Å². The summed E-state index contributed by atoms with van der Waals surface area (Å²) in [7, 11) is 0. The number of aromatic carboxylic acids is 1. The van der Waals surface area contributed by atoms with Crippen LogP contribution in [-0.2, 0) is 0 Å². The Balaban J connectivity index is 1.83. The van der Waals surface area contributed by atoms with Crippen LogP contribution in [0.25, 0.3) is 10.9 Å². The zero-order chi connectivity index (χ0) is 20.0. The lowest BCUT2D eigenvalue weighted by Crippen LogP contribution is -2.32. The molecule has 28 heavy (non-hydrogen) atoms. The van der Waals surface area contributed by atoms with Gasteiger partial charge in [0, 0.05) is 43.2 Å². The van der Waals surface area contributed by atoms with E-state index >= 15 is 4.39 Å². The summed E-state index contributed by atoms with van der Waals surface area (Å²) in [4.78, 5) is 38.9. The number of Topliss-reactive ketones (excluding diaryl/α,β-unsaturated/α-hetero) is 1. The highest BCUT2D eigenvalue weighted by Gasteiger charge is 2.54. The van der Waals surface area contributed by atoms with Gasteiger partial charge in [0.05, 0.1) is 22.2 Å². The van der Waals surface area contributed by atoms with E-state index in [0.717, 1.165) is 18.9 Å². The molecule has 5 rings (SSSR count). The van der Waals surface area contributed by atoms with Gasteiger partial charge in [-0.2, -0.15) is 0 Å². The number of hydrogen-bond donors (Lipinski definition) is 2. The van der Waals surface area contributed by atoms with E-state index in [4.69, 9.17) is 5.73 Å². The monoisotopic (exact) mass is 385 g/mol. The first-order valence-electron chi connectivity index (χ1n) is 9.42. The van der Waals surface area contributed by atoms with Crippen LogP contribution in [0.1, 0.15) is 52.9 Å². The Hall–Kier alpha value is -2.74.